The van der Waals surface area contributed by atoms with Crippen molar-refractivity contribution >= 4 is 0 Å². The van der Waals surface area contributed by atoms with Gasteiger partial charge in [-0.25, -0.2) is 0 Å². The fourth-order valence-electron chi connectivity index (χ4n) is 2.04. The summed E-state index contributed by atoms with van der Waals surface area (Å²) in [6.07, 6.45) is 0.950. The molecule has 1 rings (SSSR count). The van der Waals surface area contributed by atoms with Crippen molar-refractivity contribution in [3.8, 4) is 0 Å². The minimum Gasteiger partial charge on any atom is -0.324 e. The SMILES string of the molecule is CCCn1c(C(C)(C)C)ccc(C(C)N)c1=O. The molecule has 0 radical (unpaired) electrons. The Balaban J connectivity index is 3.45. The molecule has 17 heavy (non-hydrogen) atoms. The van der Waals surface area contributed by atoms with Gasteiger partial charge in [-0.15, -0.1) is 0 Å². The Morgan fingerprint density at radius 1 is 1.35 bits per heavy atom. The Labute approximate surface area is 104 Å². The summed E-state index contributed by atoms with van der Waals surface area (Å²) in [5.74, 6) is 0. The number of rotatable bonds is 3. The molecule has 0 aromatic carbocycles. The highest BCUT2D eigenvalue weighted by atomic mass is 16.1. The minimum absolute atomic E-state index is 0.0231. The Kier molecular flexibility index (Phi) is 4.15. The molecule has 0 spiro atoms. The maximum Gasteiger partial charge on any atom is 0.255 e. The zero-order chi connectivity index (χ0) is 13.2. The maximum atomic E-state index is 12.4. The molecule has 0 aliphatic carbocycles. The van der Waals surface area contributed by atoms with Crippen molar-refractivity contribution in [1.82, 2.24) is 4.57 Å². The van der Waals surface area contributed by atoms with Crippen molar-refractivity contribution in [3.63, 3.8) is 0 Å². The van der Waals surface area contributed by atoms with E-state index in [-0.39, 0.29) is 17.0 Å². The van der Waals surface area contributed by atoms with E-state index in [4.69, 9.17) is 5.73 Å². The van der Waals surface area contributed by atoms with Gasteiger partial charge >= 0.3 is 0 Å². The van der Waals surface area contributed by atoms with Crippen LogP contribution in [0.5, 0.6) is 0 Å². The first-order valence-corrected chi connectivity index (χ1v) is 6.28. The van der Waals surface area contributed by atoms with Crippen LogP contribution in [0.4, 0.5) is 0 Å². The first-order valence-electron chi connectivity index (χ1n) is 6.28. The van der Waals surface area contributed by atoms with Gasteiger partial charge in [-0.2, -0.15) is 0 Å². The average molecular weight is 236 g/mol. The standard InChI is InChI=1S/C14H24N2O/c1-6-9-16-12(14(3,4)5)8-7-11(10(2)15)13(16)17/h7-8,10H,6,9,15H2,1-5H3. The van der Waals surface area contributed by atoms with E-state index in [0.29, 0.717) is 5.56 Å². The predicted molar refractivity (Wildman–Crippen MR) is 72.3 cm³/mol. The van der Waals surface area contributed by atoms with Gasteiger partial charge in [0, 0.05) is 29.3 Å². The van der Waals surface area contributed by atoms with E-state index < -0.39 is 0 Å². The molecule has 1 unspecified atom stereocenters. The van der Waals surface area contributed by atoms with E-state index in [2.05, 4.69) is 27.7 Å². The highest BCUT2D eigenvalue weighted by Gasteiger charge is 2.20. The second-order valence-corrected chi connectivity index (χ2v) is 5.67. The topological polar surface area (TPSA) is 48.0 Å². The third-order valence-corrected chi connectivity index (χ3v) is 2.91. The highest BCUT2D eigenvalue weighted by Crippen LogP contribution is 2.22. The van der Waals surface area contributed by atoms with Crippen LogP contribution in [0.15, 0.2) is 16.9 Å². The van der Waals surface area contributed by atoms with Crippen LogP contribution in [0, 0.1) is 0 Å². The molecule has 2 N–H and O–H groups in total. The van der Waals surface area contributed by atoms with Crippen molar-refractivity contribution in [2.24, 2.45) is 5.73 Å². The summed E-state index contributed by atoms with van der Waals surface area (Å²) in [5.41, 5.74) is 7.64. The lowest BCUT2D eigenvalue weighted by Crippen LogP contribution is -2.33. The third-order valence-electron chi connectivity index (χ3n) is 2.91. The molecule has 0 saturated heterocycles. The quantitative estimate of drug-likeness (QED) is 0.877. The molecule has 3 heteroatoms. The smallest absolute Gasteiger partial charge is 0.255 e. The molecule has 1 aromatic rings. The van der Waals surface area contributed by atoms with Crippen molar-refractivity contribution in [2.45, 2.75) is 59.0 Å². The highest BCUT2D eigenvalue weighted by molar-refractivity contribution is 5.23. The van der Waals surface area contributed by atoms with Crippen molar-refractivity contribution in [1.29, 1.82) is 0 Å². The van der Waals surface area contributed by atoms with Gasteiger partial charge < -0.3 is 10.3 Å². The normalized spacial score (nSPS) is 13.8. The molecule has 1 heterocycles. The number of hydrogen-bond acceptors (Lipinski definition) is 2. The van der Waals surface area contributed by atoms with Crippen molar-refractivity contribution < 1.29 is 0 Å². The van der Waals surface area contributed by atoms with E-state index in [1.54, 1.807) is 0 Å². The molecule has 0 aliphatic rings. The number of hydrogen-bond donors (Lipinski definition) is 1. The monoisotopic (exact) mass is 236 g/mol. The summed E-state index contributed by atoms with van der Waals surface area (Å²) in [7, 11) is 0. The van der Waals surface area contributed by atoms with Gasteiger partial charge in [0.15, 0.2) is 0 Å². The van der Waals surface area contributed by atoms with E-state index in [0.717, 1.165) is 18.7 Å². The van der Waals surface area contributed by atoms with Gasteiger partial charge in [0.25, 0.3) is 5.56 Å². The lowest BCUT2D eigenvalue weighted by Gasteiger charge is -2.25. The van der Waals surface area contributed by atoms with E-state index in [1.807, 2.05) is 23.6 Å². The number of nitrogens with two attached hydrogens (primary N) is 1. The summed E-state index contributed by atoms with van der Waals surface area (Å²) in [6.45, 7) is 11.1. The van der Waals surface area contributed by atoms with Gasteiger partial charge in [-0.1, -0.05) is 33.8 Å². The predicted octanol–water partition coefficient (Wildman–Crippen LogP) is 2.58. The Morgan fingerprint density at radius 2 is 1.94 bits per heavy atom. The number of nitrogens with zero attached hydrogens (tertiary/aromatic N) is 1. The molecular weight excluding hydrogens is 212 g/mol. The van der Waals surface area contributed by atoms with Crippen LogP contribution < -0.4 is 11.3 Å². The van der Waals surface area contributed by atoms with Crippen LogP contribution in [0.2, 0.25) is 0 Å². The Morgan fingerprint density at radius 3 is 2.35 bits per heavy atom. The van der Waals surface area contributed by atoms with Crippen molar-refractivity contribution in [2.75, 3.05) is 0 Å². The Bertz CT molecular complexity index is 439. The zero-order valence-electron chi connectivity index (χ0n) is 11.6. The van der Waals surface area contributed by atoms with Gasteiger partial charge in [0.2, 0.25) is 0 Å². The van der Waals surface area contributed by atoms with E-state index in [9.17, 15) is 4.79 Å². The molecule has 3 nitrogen and oxygen atoms in total. The molecule has 0 amide bonds. The molecule has 0 saturated carbocycles. The summed E-state index contributed by atoms with van der Waals surface area (Å²) >= 11 is 0. The van der Waals surface area contributed by atoms with E-state index in [1.165, 1.54) is 0 Å². The van der Waals surface area contributed by atoms with Crippen LogP contribution in [0.3, 0.4) is 0 Å². The molecule has 1 aromatic heterocycles. The summed E-state index contributed by atoms with van der Waals surface area (Å²) in [4.78, 5) is 12.4. The fourth-order valence-corrected chi connectivity index (χ4v) is 2.04. The summed E-state index contributed by atoms with van der Waals surface area (Å²) in [6, 6.07) is 3.70. The molecular formula is C14H24N2O. The molecule has 96 valence electrons. The van der Waals surface area contributed by atoms with Gasteiger partial charge in [-0.05, 0) is 19.4 Å². The lowest BCUT2D eigenvalue weighted by molar-refractivity contribution is 0.493. The number of pyridine rings is 1. The van der Waals surface area contributed by atoms with Crippen LogP contribution >= 0.6 is 0 Å². The summed E-state index contributed by atoms with van der Waals surface area (Å²) in [5, 5.41) is 0. The molecule has 0 bridgehead atoms. The second-order valence-electron chi connectivity index (χ2n) is 5.67. The molecule has 0 aliphatic heterocycles. The van der Waals surface area contributed by atoms with Gasteiger partial charge in [0.1, 0.15) is 0 Å². The number of aromatic nitrogens is 1. The fraction of sp³-hybridized carbons (Fsp3) is 0.643. The second kappa shape index (κ2) is 5.05. The molecule has 1 atom stereocenters. The average Bonchev–Trinajstić information content (AvgIpc) is 2.18. The van der Waals surface area contributed by atoms with Gasteiger partial charge in [0.05, 0.1) is 0 Å². The summed E-state index contributed by atoms with van der Waals surface area (Å²) < 4.78 is 1.87. The first-order chi connectivity index (χ1) is 7.79. The molecule has 0 fully saturated rings. The third kappa shape index (κ3) is 2.97. The van der Waals surface area contributed by atoms with Crippen LogP contribution in [0.1, 0.15) is 58.3 Å². The largest absolute Gasteiger partial charge is 0.324 e. The Hall–Kier alpha value is -1.09. The van der Waals surface area contributed by atoms with Crippen LogP contribution in [-0.4, -0.2) is 4.57 Å². The minimum atomic E-state index is -0.209. The van der Waals surface area contributed by atoms with Crippen LogP contribution in [0.25, 0.3) is 0 Å². The zero-order valence-corrected chi connectivity index (χ0v) is 11.6. The van der Waals surface area contributed by atoms with Crippen LogP contribution in [-0.2, 0) is 12.0 Å². The lowest BCUT2D eigenvalue weighted by atomic mass is 9.90. The van der Waals surface area contributed by atoms with Gasteiger partial charge in [-0.3, -0.25) is 4.79 Å². The first kappa shape index (κ1) is 14.0. The van der Waals surface area contributed by atoms with Crippen molar-refractivity contribution in [3.05, 3.63) is 33.7 Å². The maximum absolute atomic E-state index is 12.4. The van der Waals surface area contributed by atoms with E-state index >= 15 is 0 Å².